The van der Waals surface area contributed by atoms with Gasteiger partial charge >= 0.3 is 0 Å². The minimum atomic E-state index is -0.0326. The number of hydrogen-bond acceptors (Lipinski definition) is 5. The summed E-state index contributed by atoms with van der Waals surface area (Å²) in [4.78, 5) is 12.9. The monoisotopic (exact) mass is 449 g/mol. The van der Waals surface area contributed by atoms with Crippen LogP contribution in [0.15, 0.2) is 78.0 Å². The molecule has 0 aliphatic heterocycles. The molecule has 0 bridgehead atoms. The molecule has 1 heterocycles. The van der Waals surface area contributed by atoms with E-state index in [4.69, 9.17) is 16.3 Å². The van der Waals surface area contributed by atoms with Crippen molar-refractivity contribution in [1.29, 1.82) is 0 Å². The first-order valence-electron chi connectivity index (χ1n) is 9.65. The van der Waals surface area contributed by atoms with E-state index in [9.17, 15) is 4.79 Å². The van der Waals surface area contributed by atoms with Crippen molar-refractivity contribution >= 4 is 29.1 Å². The smallest absolute Gasteiger partial charge is 0.196 e. The average Bonchev–Trinajstić information content (AvgIpc) is 3.22. The van der Waals surface area contributed by atoms with Gasteiger partial charge in [0.1, 0.15) is 5.75 Å². The van der Waals surface area contributed by atoms with Gasteiger partial charge in [-0.05, 0) is 55.0 Å². The van der Waals surface area contributed by atoms with Crippen LogP contribution in [0.2, 0.25) is 5.02 Å². The van der Waals surface area contributed by atoms with Crippen LogP contribution in [0.1, 0.15) is 15.9 Å². The lowest BCUT2D eigenvalue weighted by Crippen LogP contribution is -2.07. The summed E-state index contributed by atoms with van der Waals surface area (Å²) < 4.78 is 7.31. The lowest BCUT2D eigenvalue weighted by atomic mass is 10.1. The van der Waals surface area contributed by atoms with E-state index in [-0.39, 0.29) is 11.5 Å². The highest BCUT2D eigenvalue weighted by Crippen LogP contribution is 2.31. The molecule has 31 heavy (non-hydrogen) atoms. The Morgan fingerprint density at radius 2 is 1.71 bits per heavy atom. The minimum Gasteiger partial charge on any atom is -0.496 e. The van der Waals surface area contributed by atoms with Gasteiger partial charge in [-0.15, -0.1) is 10.2 Å². The quantitative estimate of drug-likeness (QED) is 0.260. The van der Waals surface area contributed by atoms with E-state index in [1.807, 2.05) is 72.2 Å². The summed E-state index contributed by atoms with van der Waals surface area (Å²) in [6, 6.07) is 22.7. The Morgan fingerprint density at radius 1 is 1.00 bits per heavy atom. The van der Waals surface area contributed by atoms with Gasteiger partial charge in [0, 0.05) is 10.6 Å². The van der Waals surface area contributed by atoms with E-state index in [2.05, 4.69) is 10.2 Å². The standard InChI is InChI=1S/C24H20ClN3O2S/c1-16-7-3-5-9-20(16)28-23(17-11-13-18(25)14-12-17)26-27-24(28)31-15-21(29)19-8-4-6-10-22(19)30-2/h3-14H,15H2,1-2H3. The molecule has 0 aliphatic rings. The summed E-state index contributed by atoms with van der Waals surface area (Å²) in [5.41, 5.74) is 3.49. The van der Waals surface area contributed by atoms with E-state index in [1.54, 1.807) is 19.2 Å². The number of carbonyl (C=O) groups is 1. The van der Waals surface area contributed by atoms with Gasteiger partial charge in [0.25, 0.3) is 0 Å². The van der Waals surface area contributed by atoms with Crippen LogP contribution in [-0.4, -0.2) is 33.4 Å². The molecule has 0 atom stereocenters. The molecule has 7 heteroatoms. The van der Waals surface area contributed by atoms with Crippen molar-refractivity contribution < 1.29 is 9.53 Å². The fourth-order valence-corrected chi connectivity index (χ4v) is 4.22. The van der Waals surface area contributed by atoms with Gasteiger partial charge in [-0.1, -0.05) is 53.7 Å². The van der Waals surface area contributed by atoms with Crippen molar-refractivity contribution in [3.8, 4) is 22.8 Å². The first kappa shape index (κ1) is 21.2. The number of para-hydroxylation sites is 2. The fourth-order valence-electron chi connectivity index (χ4n) is 3.26. The summed E-state index contributed by atoms with van der Waals surface area (Å²) in [5, 5.41) is 10.1. The number of aryl methyl sites for hydroxylation is 1. The molecular formula is C24H20ClN3O2S. The van der Waals surface area contributed by atoms with Crippen molar-refractivity contribution in [1.82, 2.24) is 14.8 Å². The van der Waals surface area contributed by atoms with Gasteiger partial charge in [-0.2, -0.15) is 0 Å². The molecule has 0 fully saturated rings. The van der Waals surface area contributed by atoms with E-state index < -0.39 is 0 Å². The van der Waals surface area contributed by atoms with Gasteiger partial charge in [-0.25, -0.2) is 0 Å². The Morgan fingerprint density at radius 3 is 2.45 bits per heavy atom. The summed E-state index contributed by atoms with van der Waals surface area (Å²) in [6.07, 6.45) is 0. The fraction of sp³-hybridized carbons (Fsp3) is 0.125. The number of hydrogen-bond donors (Lipinski definition) is 0. The molecule has 0 N–H and O–H groups in total. The highest BCUT2D eigenvalue weighted by atomic mass is 35.5. The molecule has 4 aromatic rings. The second kappa shape index (κ2) is 9.37. The van der Waals surface area contributed by atoms with Crippen LogP contribution in [0.4, 0.5) is 0 Å². The zero-order valence-corrected chi connectivity index (χ0v) is 18.7. The number of ketones is 1. The number of rotatable bonds is 7. The van der Waals surface area contributed by atoms with Gasteiger partial charge in [-0.3, -0.25) is 9.36 Å². The molecule has 5 nitrogen and oxygen atoms in total. The number of benzene rings is 3. The summed E-state index contributed by atoms with van der Waals surface area (Å²) in [7, 11) is 1.56. The van der Waals surface area contributed by atoms with Crippen LogP contribution in [0.5, 0.6) is 5.75 Å². The number of halogens is 1. The third kappa shape index (κ3) is 4.50. The third-order valence-corrected chi connectivity index (χ3v) is 6.01. The molecule has 3 aromatic carbocycles. The van der Waals surface area contributed by atoms with Crippen LogP contribution < -0.4 is 4.74 Å². The second-order valence-corrected chi connectivity index (χ2v) is 8.23. The molecule has 0 unspecified atom stereocenters. The molecule has 4 rings (SSSR count). The number of carbonyl (C=O) groups excluding carboxylic acids is 1. The largest absolute Gasteiger partial charge is 0.496 e. The van der Waals surface area contributed by atoms with E-state index >= 15 is 0 Å². The molecule has 0 amide bonds. The maximum atomic E-state index is 12.9. The van der Waals surface area contributed by atoms with Gasteiger partial charge < -0.3 is 4.74 Å². The van der Waals surface area contributed by atoms with Gasteiger partial charge in [0.2, 0.25) is 0 Å². The Balaban J connectivity index is 1.70. The van der Waals surface area contributed by atoms with E-state index in [0.717, 1.165) is 16.8 Å². The van der Waals surface area contributed by atoms with Crippen LogP contribution in [-0.2, 0) is 0 Å². The Hall–Kier alpha value is -3.09. The number of aromatic nitrogens is 3. The van der Waals surface area contributed by atoms with Gasteiger partial charge in [0.15, 0.2) is 16.8 Å². The predicted molar refractivity (Wildman–Crippen MR) is 125 cm³/mol. The Kier molecular flexibility index (Phi) is 6.39. The highest BCUT2D eigenvalue weighted by molar-refractivity contribution is 7.99. The molecule has 0 saturated heterocycles. The van der Waals surface area contributed by atoms with Gasteiger partial charge in [0.05, 0.1) is 24.1 Å². The normalized spacial score (nSPS) is 10.8. The van der Waals surface area contributed by atoms with Crippen molar-refractivity contribution in [2.24, 2.45) is 0 Å². The zero-order chi connectivity index (χ0) is 21.8. The van der Waals surface area contributed by atoms with Crippen molar-refractivity contribution in [3.63, 3.8) is 0 Å². The molecule has 0 saturated carbocycles. The average molecular weight is 450 g/mol. The minimum absolute atomic E-state index is 0.0326. The highest BCUT2D eigenvalue weighted by Gasteiger charge is 2.19. The first-order chi connectivity index (χ1) is 15.1. The van der Waals surface area contributed by atoms with Crippen LogP contribution in [0, 0.1) is 6.92 Å². The Bertz CT molecular complexity index is 1220. The molecule has 1 aromatic heterocycles. The van der Waals surface area contributed by atoms with Crippen molar-refractivity contribution in [2.75, 3.05) is 12.9 Å². The molecule has 0 aliphatic carbocycles. The SMILES string of the molecule is COc1ccccc1C(=O)CSc1nnc(-c2ccc(Cl)cc2)n1-c1ccccc1C. The van der Waals surface area contributed by atoms with Crippen molar-refractivity contribution in [3.05, 3.63) is 88.9 Å². The maximum Gasteiger partial charge on any atom is 0.196 e. The van der Waals surface area contributed by atoms with E-state index in [1.165, 1.54) is 11.8 Å². The van der Waals surface area contributed by atoms with Crippen LogP contribution >= 0.6 is 23.4 Å². The van der Waals surface area contributed by atoms with Crippen molar-refractivity contribution in [2.45, 2.75) is 12.1 Å². The van der Waals surface area contributed by atoms with E-state index in [0.29, 0.717) is 27.3 Å². The number of ether oxygens (including phenoxy) is 1. The Labute approximate surface area is 190 Å². The number of thioether (sulfide) groups is 1. The number of methoxy groups -OCH3 is 1. The lowest BCUT2D eigenvalue weighted by molar-refractivity contribution is 0.101. The molecule has 0 radical (unpaired) electrons. The number of Topliss-reactive ketones (excluding diaryl/α,β-unsaturated/α-hetero) is 1. The van der Waals surface area contributed by atoms with Crippen LogP contribution in [0.25, 0.3) is 17.1 Å². The third-order valence-electron chi connectivity index (χ3n) is 4.83. The second-order valence-electron chi connectivity index (χ2n) is 6.85. The molecule has 0 spiro atoms. The topological polar surface area (TPSA) is 57.0 Å². The summed E-state index contributed by atoms with van der Waals surface area (Å²) in [5.74, 6) is 1.44. The maximum absolute atomic E-state index is 12.9. The first-order valence-corrected chi connectivity index (χ1v) is 11.0. The summed E-state index contributed by atoms with van der Waals surface area (Å²) in [6.45, 7) is 2.04. The zero-order valence-electron chi connectivity index (χ0n) is 17.1. The number of nitrogens with zero attached hydrogens (tertiary/aromatic N) is 3. The molecule has 156 valence electrons. The van der Waals surface area contributed by atoms with Crippen LogP contribution in [0.3, 0.4) is 0 Å². The molecular weight excluding hydrogens is 430 g/mol. The summed E-state index contributed by atoms with van der Waals surface area (Å²) >= 11 is 7.41. The predicted octanol–water partition coefficient (Wildman–Crippen LogP) is 5.88. The lowest BCUT2D eigenvalue weighted by Gasteiger charge is -2.13.